The molecule has 3 heterocycles. The average molecular weight is 788 g/mol. The van der Waals surface area contributed by atoms with Crippen LogP contribution in [0.2, 0.25) is 0 Å². The maximum atomic E-state index is 2.55. The Labute approximate surface area is 352 Å². The van der Waals surface area contributed by atoms with Gasteiger partial charge in [-0.15, -0.1) is 11.3 Å². The van der Waals surface area contributed by atoms with Gasteiger partial charge in [0.15, 0.2) is 0 Å². The van der Waals surface area contributed by atoms with E-state index in [0.717, 1.165) is 28.4 Å². The van der Waals surface area contributed by atoms with Crippen LogP contribution in [0.5, 0.6) is 0 Å². The number of anilines is 6. The van der Waals surface area contributed by atoms with E-state index < -0.39 is 0 Å². The number of hydrogen-bond donors (Lipinski definition) is 0. The first kappa shape index (κ1) is 34.9. The topological polar surface area (TPSA) is 10.9 Å². The minimum Gasteiger partial charge on any atom is -0.310 e. The summed E-state index contributed by atoms with van der Waals surface area (Å²) in [4.78, 5) is 4.78. The van der Waals surface area contributed by atoms with Gasteiger partial charge in [0, 0.05) is 70.2 Å². The molecule has 0 aliphatic carbocycles. The summed E-state index contributed by atoms with van der Waals surface area (Å²) in [6, 6.07) is 71.5. The molecule has 0 fully saturated rings. The predicted molar refractivity (Wildman–Crippen MR) is 260 cm³/mol. The summed E-state index contributed by atoms with van der Waals surface area (Å²) in [7, 11) is 0. The summed E-state index contributed by atoms with van der Waals surface area (Å²) in [5.74, 6) is 0. The van der Waals surface area contributed by atoms with E-state index >= 15 is 0 Å². The van der Waals surface area contributed by atoms with E-state index in [9.17, 15) is 0 Å². The molecular formula is C56H41N3S. The number of thiophene rings is 1. The zero-order valence-corrected chi connectivity index (χ0v) is 34.5. The van der Waals surface area contributed by atoms with Gasteiger partial charge in [0.25, 0.3) is 0 Å². The minimum atomic E-state index is 0.00489. The van der Waals surface area contributed by atoms with Crippen molar-refractivity contribution in [2.75, 3.05) is 9.80 Å². The monoisotopic (exact) mass is 787 g/mol. The SMILES string of the molecule is CC(C)(C)c1ccc2c(c1)c1c(N(c3ccccc3)c3ccccc3)ccc3c4cc5cc6sc7ccc(N(c8ccccc8)c8ccccc8)cc7c6cc5cc4n2c31. The Kier molecular flexibility index (Phi) is 7.66. The molecule has 0 N–H and O–H groups in total. The van der Waals surface area contributed by atoms with Crippen LogP contribution in [0.1, 0.15) is 26.3 Å². The van der Waals surface area contributed by atoms with E-state index in [0.29, 0.717) is 0 Å². The molecule has 4 heteroatoms. The lowest BCUT2D eigenvalue weighted by Gasteiger charge is -2.26. The van der Waals surface area contributed by atoms with Crippen LogP contribution in [0.25, 0.3) is 69.0 Å². The van der Waals surface area contributed by atoms with Crippen LogP contribution in [0.3, 0.4) is 0 Å². The Balaban J connectivity index is 1.12. The van der Waals surface area contributed by atoms with E-state index in [4.69, 9.17) is 0 Å². The Morgan fingerprint density at radius 1 is 0.400 bits per heavy atom. The second-order valence-electron chi connectivity index (χ2n) is 17.0. The highest BCUT2D eigenvalue weighted by molar-refractivity contribution is 7.25. The highest BCUT2D eigenvalue weighted by Gasteiger charge is 2.26. The molecule has 0 bridgehead atoms. The molecule has 12 aromatic rings. The molecule has 60 heavy (non-hydrogen) atoms. The largest absolute Gasteiger partial charge is 0.310 e. The molecule has 0 saturated carbocycles. The lowest BCUT2D eigenvalue weighted by molar-refractivity contribution is 0.591. The molecule has 286 valence electrons. The van der Waals surface area contributed by atoms with Crippen molar-refractivity contribution in [2.24, 2.45) is 0 Å². The van der Waals surface area contributed by atoms with Crippen molar-refractivity contribution >= 4 is 115 Å². The fraction of sp³-hybridized carbons (Fsp3) is 0.0714. The van der Waals surface area contributed by atoms with Crippen LogP contribution in [-0.2, 0) is 5.41 Å². The normalized spacial score (nSPS) is 12.2. The van der Waals surface area contributed by atoms with Gasteiger partial charge in [-0.05, 0) is 131 Å². The lowest BCUT2D eigenvalue weighted by Crippen LogP contribution is -2.11. The summed E-state index contributed by atoms with van der Waals surface area (Å²) < 4.78 is 5.15. The number of fused-ring (bicyclic) bond motifs is 10. The standard InChI is InChI=1S/C56H41N3S/c1-56(2,3)38-24-27-49-48(34-38)54-50(58(41-20-12-6-13-21-41)42-22-14-7-15-23-42)28-26-44-45-30-37-33-53-46(31-36(37)32-51(45)59(49)55(44)54)47-35-43(25-29-52(47)60-53)57(39-16-8-4-9-17-39)40-18-10-5-11-19-40/h4-35H,1-3H3. The number of benzene rings is 9. The third-order valence-corrected chi connectivity index (χ3v) is 13.5. The first-order valence-electron chi connectivity index (χ1n) is 20.8. The fourth-order valence-corrected chi connectivity index (χ4v) is 10.6. The maximum Gasteiger partial charge on any atom is 0.0641 e. The van der Waals surface area contributed by atoms with Crippen molar-refractivity contribution in [3.05, 3.63) is 200 Å². The van der Waals surface area contributed by atoms with Gasteiger partial charge in [-0.3, -0.25) is 0 Å². The van der Waals surface area contributed by atoms with Crippen molar-refractivity contribution in [3.8, 4) is 0 Å². The minimum absolute atomic E-state index is 0.00489. The van der Waals surface area contributed by atoms with Crippen LogP contribution < -0.4 is 9.80 Å². The van der Waals surface area contributed by atoms with Gasteiger partial charge in [-0.1, -0.05) is 106 Å². The molecule has 3 nitrogen and oxygen atoms in total. The van der Waals surface area contributed by atoms with Gasteiger partial charge >= 0.3 is 0 Å². The third kappa shape index (κ3) is 5.34. The quantitative estimate of drug-likeness (QED) is 0.166. The molecule has 12 rings (SSSR count). The van der Waals surface area contributed by atoms with Crippen LogP contribution >= 0.6 is 11.3 Å². The Morgan fingerprint density at radius 2 is 0.967 bits per heavy atom. The number of para-hydroxylation sites is 4. The first-order valence-corrected chi connectivity index (χ1v) is 21.6. The average Bonchev–Trinajstić information content (AvgIpc) is 3.92. The number of aromatic nitrogens is 1. The van der Waals surface area contributed by atoms with Gasteiger partial charge < -0.3 is 14.2 Å². The van der Waals surface area contributed by atoms with Crippen LogP contribution in [0.4, 0.5) is 34.1 Å². The second kappa shape index (κ2) is 13.2. The summed E-state index contributed by atoms with van der Waals surface area (Å²) >= 11 is 1.88. The Bertz CT molecular complexity index is 3490. The van der Waals surface area contributed by atoms with Gasteiger partial charge in [0.05, 0.1) is 22.2 Å². The smallest absolute Gasteiger partial charge is 0.0641 e. The van der Waals surface area contributed by atoms with Crippen molar-refractivity contribution in [1.82, 2.24) is 4.40 Å². The fourth-order valence-electron chi connectivity index (χ4n) is 9.52. The zero-order valence-electron chi connectivity index (χ0n) is 33.7. The Morgan fingerprint density at radius 3 is 1.58 bits per heavy atom. The van der Waals surface area contributed by atoms with E-state index in [1.165, 1.54) is 80.3 Å². The van der Waals surface area contributed by atoms with Gasteiger partial charge in [0.2, 0.25) is 0 Å². The van der Waals surface area contributed by atoms with Gasteiger partial charge in [-0.2, -0.15) is 0 Å². The van der Waals surface area contributed by atoms with Crippen molar-refractivity contribution < 1.29 is 0 Å². The molecule has 0 aliphatic heterocycles. The zero-order chi connectivity index (χ0) is 40.1. The van der Waals surface area contributed by atoms with E-state index in [1.54, 1.807) is 0 Å². The highest BCUT2D eigenvalue weighted by Crippen LogP contribution is 2.49. The second-order valence-corrected chi connectivity index (χ2v) is 18.1. The maximum absolute atomic E-state index is 2.55. The molecular weight excluding hydrogens is 747 g/mol. The summed E-state index contributed by atoms with van der Waals surface area (Å²) in [6.07, 6.45) is 0. The lowest BCUT2D eigenvalue weighted by atomic mass is 9.86. The van der Waals surface area contributed by atoms with Gasteiger partial charge in [0.1, 0.15) is 0 Å². The molecule has 0 radical (unpaired) electrons. The first-order chi connectivity index (χ1) is 29.4. The summed E-state index contributed by atoms with van der Waals surface area (Å²) in [5, 5.41) is 10.2. The Hall–Kier alpha value is -7.14. The summed E-state index contributed by atoms with van der Waals surface area (Å²) in [5.41, 5.74) is 12.0. The van der Waals surface area contributed by atoms with Crippen LogP contribution in [-0.4, -0.2) is 4.40 Å². The molecule has 3 aromatic heterocycles. The predicted octanol–water partition coefficient (Wildman–Crippen LogP) is 16.6. The van der Waals surface area contributed by atoms with E-state index in [2.05, 4.69) is 229 Å². The number of rotatable bonds is 6. The molecule has 0 unspecified atom stereocenters. The molecule has 0 spiro atoms. The van der Waals surface area contributed by atoms with Gasteiger partial charge in [-0.25, -0.2) is 0 Å². The van der Waals surface area contributed by atoms with Crippen LogP contribution in [0, 0.1) is 0 Å². The number of hydrogen-bond acceptors (Lipinski definition) is 3. The van der Waals surface area contributed by atoms with Crippen LogP contribution in [0.15, 0.2) is 194 Å². The molecule has 0 saturated heterocycles. The summed E-state index contributed by atoms with van der Waals surface area (Å²) in [6.45, 7) is 6.93. The highest BCUT2D eigenvalue weighted by atomic mass is 32.1. The van der Waals surface area contributed by atoms with E-state index in [-0.39, 0.29) is 5.41 Å². The van der Waals surface area contributed by atoms with Crippen molar-refractivity contribution in [2.45, 2.75) is 26.2 Å². The molecule has 9 aromatic carbocycles. The molecule has 0 amide bonds. The molecule has 0 aliphatic rings. The molecule has 0 atom stereocenters. The number of nitrogens with zero attached hydrogens (tertiary/aromatic N) is 3. The van der Waals surface area contributed by atoms with E-state index in [1.807, 2.05) is 11.3 Å². The van der Waals surface area contributed by atoms with Crippen molar-refractivity contribution in [3.63, 3.8) is 0 Å². The van der Waals surface area contributed by atoms with Crippen molar-refractivity contribution in [1.29, 1.82) is 0 Å². The third-order valence-electron chi connectivity index (χ3n) is 12.4.